The zero-order valence-electron chi connectivity index (χ0n) is 7.11. The van der Waals surface area contributed by atoms with Crippen molar-refractivity contribution in [2.45, 2.75) is 0 Å². The van der Waals surface area contributed by atoms with Crippen LogP contribution in [0.25, 0.3) is 11.3 Å². The van der Waals surface area contributed by atoms with Crippen LogP contribution in [0.4, 0.5) is 8.78 Å². The van der Waals surface area contributed by atoms with Gasteiger partial charge in [0.1, 0.15) is 0 Å². The molecule has 2 aromatic heterocycles. The molecule has 0 unspecified atom stereocenters. The molecule has 0 spiro atoms. The van der Waals surface area contributed by atoms with Gasteiger partial charge in [0.05, 0.1) is 11.3 Å². The summed E-state index contributed by atoms with van der Waals surface area (Å²) in [7, 11) is 0. The maximum Gasteiger partial charge on any atom is 0.224 e. The molecule has 4 heteroatoms. The van der Waals surface area contributed by atoms with Gasteiger partial charge in [-0.3, -0.25) is 4.98 Å². The maximum atomic E-state index is 13.1. The number of nitrogens with zero attached hydrogens (tertiary/aromatic N) is 2. The van der Waals surface area contributed by atoms with Gasteiger partial charge in [-0.05, 0) is 24.3 Å². The molecular formula is C10H6F2N2. The third-order valence-electron chi connectivity index (χ3n) is 1.76. The van der Waals surface area contributed by atoms with Crippen LogP contribution >= 0.6 is 0 Å². The maximum absolute atomic E-state index is 13.1. The molecule has 0 atom stereocenters. The molecular weight excluding hydrogens is 186 g/mol. The van der Waals surface area contributed by atoms with Gasteiger partial charge in [-0.25, -0.2) is 0 Å². The minimum absolute atomic E-state index is 0.201. The van der Waals surface area contributed by atoms with Gasteiger partial charge in [0.15, 0.2) is 0 Å². The van der Waals surface area contributed by atoms with E-state index in [2.05, 4.69) is 9.97 Å². The number of hydrogen-bond acceptors (Lipinski definition) is 2. The molecule has 0 amide bonds. The first-order chi connectivity index (χ1) is 6.77. The van der Waals surface area contributed by atoms with Crippen LogP contribution in [-0.4, -0.2) is 9.97 Å². The molecule has 0 saturated carbocycles. The summed E-state index contributed by atoms with van der Waals surface area (Å²) < 4.78 is 25.6. The lowest BCUT2D eigenvalue weighted by molar-refractivity contribution is 0.515. The molecule has 0 aliphatic rings. The van der Waals surface area contributed by atoms with Crippen LogP contribution in [0.3, 0.4) is 0 Å². The van der Waals surface area contributed by atoms with Gasteiger partial charge < -0.3 is 0 Å². The average molecular weight is 192 g/mol. The zero-order chi connectivity index (χ0) is 9.97. The van der Waals surface area contributed by atoms with E-state index in [0.717, 1.165) is 6.07 Å². The number of rotatable bonds is 1. The summed E-state index contributed by atoms with van der Waals surface area (Å²) in [6, 6.07) is 7.51. The Balaban J connectivity index is 2.53. The van der Waals surface area contributed by atoms with E-state index in [1.54, 1.807) is 18.2 Å². The Kier molecular flexibility index (Phi) is 2.18. The van der Waals surface area contributed by atoms with Crippen molar-refractivity contribution in [3.05, 3.63) is 48.4 Å². The highest BCUT2D eigenvalue weighted by Gasteiger charge is 2.07. The van der Waals surface area contributed by atoms with Crippen molar-refractivity contribution in [1.29, 1.82) is 0 Å². The summed E-state index contributed by atoms with van der Waals surface area (Å²) in [5, 5.41) is 0. The van der Waals surface area contributed by atoms with Crippen molar-refractivity contribution < 1.29 is 8.78 Å². The van der Waals surface area contributed by atoms with Crippen molar-refractivity contribution in [2.75, 3.05) is 0 Å². The smallest absolute Gasteiger partial charge is 0.224 e. The zero-order valence-corrected chi connectivity index (χ0v) is 7.11. The average Bonchev–Trinajstić information content (AvgIpc) is 2.19. The van der Waals surface area contributed by atoms with Crippen molar-refractivity contribution in [2.24, 2.45) is 0 Å². The molecule has 0 aliphatic heterocycles. The molecule has 0 aromatic carbocycles. The Morgan fingerprint density at radius 2 is 1.86 bits per heavy atom. The first-order valence-corrected chi connectivity index (χ1v) is 4.01. The van der Waals surface area contributed by atoms with Gasteiger partial charge in [0, 0.05) is 6.20 Å². The third kappa shape index (κ3) is 1.59. The van der Waals surface area contributed by atoms with E-state index in [0.29, 0.717) is 5.69 Å². The van der Waals surface area contributed by atoms with Gasteiger partial charge in [-0.15, -0.1) is 0 Å². The first kappa shape index (κ1) is 8.74. The molecule has 0 saturated heterocycles. The summed E-state index contributed by atoms with van der Waals surface area (Å²) in [5.74, 6) is -1.68. The molecule has 2 heterocycles. The van der Waals surface area contributed by atoms with Crippen LogP contribution in [0.15, 0.2) is 36.5 Å². The summed E-state index contributed by atoms with van der Waals surface area (Å²) in [5.41, 5.74) is 0.643. The molecule has 70 valence electrons. The van der Waals surface area contributed by atoms with Gasteiger partial charge in [0.2, 0.25) is 11.9 Å². The molecule has 2 nitrogen and oxygen atoms in total. The first-order valence-electron chi connectivity index (χ1n) is 4.01. The number of halogens is 2. The van der Waals surface area contributed by atoms with Gasteiger partial charge in [0.25, 0.3) is 0 Å². The van der Waals surface area contributed by atoms with Crippen LogP contribution in [0.2, 0.25) is 0 Å². The summed E-state index contributed by atoms with van der Waals surface area (Å²) >= 11 is 0. The number of hydrogen-bond donors (Lipinski definition) is 0. The van der Waals surface area contributed by atoms with E-state index in [9.17, 15) is 8.78 Å². The van der Waals surface area contributed by atoms with Gasteiger partial charge >= 0.3 is 0 Å². The Morgan fingerprint density at radius 3 is 2.50 bits per heavy atom. The normalized spacial score (nSPS) is 10.1. The van der Waals surface area contributed by atoms with E-state index in [1.807, 2.05) is 0 Å². The Labute approximate surface area is 79.3 Å². The molecule has 0 radical (unpaired) electrons. The fourth-order valence-electron chi connectivity index (χ4n) is 1.13. The molecule has 0 fully saturated rings. The van der Waals surface area contributed by atoms with Crippen molar-refractivity contribution in [3.8, 4) is 11.3 Å². The SMILES string of the molecule is Fc1ccc(-c2ccccn2)c(F)n1. The van der Waals surface area contributed by atoms with E-state index in [4.69, 9.17) is 0 Å². The van der Waals surface area contributed by atoms with E-state index in [1.165, 1.54) is 12.3 Å². The van der Waals surface area contributed by atoms with E-state index < -0.39 is 11.9 Å². The van der Waals surface area contributed by atoms with Crippen molar-refractivity contribution in [3.63, 3.8) is 0 Å². The van der Waals surface area contributed by atoms with Gasteiger partial charge in [-0.2, -0.15) is 13.8 Å². The minimum Gasteiger partial charge on any atom is -0.256 e. The summed E-state index contributed by atoms with van der Waals surface area (Å²) in [4.78, 5) is 7.01. The molecule has 14 heavy (non-hydrogen) atoms. The van der Waals surface area contributed by atoms with E-state index in [-0.39, 0.29) is 5.56 Å². The van der Waals surface area contributed by atoms with E-state index >= 15 is 0 Å². The fourth-order valence-corrected chi connectivity index (χ4v) is 1.13. The number of aromatic nitrogens is 2. The molecule has 2 rings (SSSR count). The number of pyridine rings is 2. The lowest BCUT2D eigenvalue weighted by atomic mass is 10.2. The standard InChI is InChI=1S/C10H6F2N2/c11-9-5-4-7(10(12)14-9)8-3-1-2-6-13-8/h1-6H. The lowest BCUT2D eigenvalue weighted by Gasteiger charge is -2.00. The fraction of sp³-hybridized carbons (Fsp3) is 0. The van der Waals surface area contributed by atoms with Crippen LogP contribution < -0.4 is 0 Å². The summed E-state index contributed by atoms with van der Waals surface area (Å²) in [6.45, 7) is 0. The van der Waals surface area contributed by atoms with Crippen LogP contribution in [0.5, 0.6) is 0 Å². The molecule has 0 bridgehead atoms. The van der Waals surface area contributed by atoms with Crippen LogP contribution in [0, 0.1) is 11.9 Å². The predicted octanol–water partition coefficient (Wildman–Crippen LogP) is 2.42. The minimum atomic E-state index is -0.844. The van der Waals surface area contributed by atoms with Crippen LogP contribution in [-0.2, 0) is 0 Å². The van der Waals surface area contributed by atoms with Gasteiger partial charge in [-0.1, -0.05) is 6.07 Å². The topological polar surface area (TPSA) is 25.8 Å². The Bertz CT molecular complexity index is 443. The lowest BCUT2D eigenvalue weighted by Crippen LogP contribution is -1.93. The highest BCUT2D eigenvalue weighted by atomic mass is 19.1. The second kappa shape index (κ2) is 3.49. The predicted molar refractivity (Wildman–Crippen MR) is 47.4 cm³/mol. The van der Waals surface area contributed by atoms with Crippen molar-refractivity contribution in [1.82, 2.24) is 9.97 Å². The highest BCUT2D eigenvalue weighted by molar-refractivity contribution is 5.57. The second-order valence-electron chi connectivity index (χ2n) is 2.69. The largest absolute Gasteiger partial charge is 0.256 e. The monoisotopic (exact) mass is 192 g/mol. The third-order valence-corrected chi connectivity index (χ3v) is 1.76. The molecule has 0 aliphatic carbocycles. The Hall–Kier alpha value is -1.84. The quantitative estimate of drug-likeness (QED) is 0.648. The second-order valence-corrected chi connectivity index (χ2v) is 2.69. The molecule has 0 N–H and O–H groups in total. The van der Waals surface area contributed by atoms with Crippen LogP contribution in [0.1, 0.15) is 0 Å². The summed E-state index contributed by atoms with van der Waals surface area (Å²) in [6.07, 6.45) is 1.54. The highest BCUT2D eigenvalue weighted by Crippen LogP contribution is 2.18. The Morgan fingerprint density at radius 1 is 1.00 bits per heavy atom. The van der Waals surface area contributed by atoms with Crippen molar-refractivity contribution >= 4 is 0 Å². The molecule has 2 aromatic rings.